The molecule has 2 aromatic carbocycles. The fourth-order valence-corrected chi connectivity index (χ4v) is 3.01. The summed E-state index contributed by atoms with van der Waals surface area (Å²) >= 11 is 0. The number of benzene rings is 2. The van der Waals surface area contributed by atoms with Crippen LogP contribution in [-0.2, 0) is 11.2 Å². The average molecular weight is 397 g/mol. The Labute approximate surface area is 169 Å². The predicted octanol–water partition coefficient (Wildman–Crippen LogP) is 4.91. The number of rotatable bonds is 8. The number of carbonyl (C=O) groups excluding carboxylic acids is 1. The first-order valence-electron chi connectivity index (χ1n) is 9.36. The van der Waals surface area contributed by atoms with Gasteiger partial charge in [-0.1, -0.05) is 6.07 Å². The summed E-state index contributed by atoms with van der Waals surface area (Å²) in [5.74, 6) is 1.85. The summed E-state index contributed by atoms with van der Waals surface area (Å²) in [5, 5.41) is 2.88. The van der Waals surface area contributed by atoms with E-state index < -0.39 is 5.82 Å². The number of ether oxygens (including phenoxy) is 2. The Hall–Kier alpha value is -3.28. The van der Waals surface area contributed by atoms with Crippen molar-refractivity contribution in [1.82, 2.24) is 5.32 Å². The van der Waals surface area contributed by atoms with Gasteiger partial charge in [-0.2, -0.15) is 0 Å². The van der Waals surface area contributed by atoms with Crippen molar-refractivity contribution in [1.29, 1.82) is 0 Å². The first-order valence-corrected chi connectivity index (χ1v) is 9.36. The standard InChI is InChI=1S/C23H24FNO4/c1-15(17-6-11-22(28-3)20(24)14-17)25-23(26)13-10-19-9-12-21(29-19)16-4-7-18(27-2)8-5-16/h4-9,11-12,14-15H,10,13H2,1-3H3,(H,25,26)/t15-/m0/s1. The van der Waals surface area contributed by atoms with Gasteiger partial charge in [-0.15, -0.1) is 0 Å². The van der Waals surface area contributed by atoms with E-state index in [0.29, 0.717) is 12.0 Å². The van der Waals surface area contributed by atoms with Crippen LogP contribution in [0.1, 0.15) is 30.7 Å². The molecule has 152 valence electrons. The molecular formula is C23H24FNO4. The van der Waals surface area contributed by atoms with Gasteiger partial charge in [0.2, 0.25) is 5.91 Å². The van der Waals surface area contributed by atoms with Crippen LogP contribution < -0.4 is 14.8 Å². The Bertz CT molecular complexity index is 965. The molecule has 1 atom stereocenters. The molecule has 5 nitrogen and oxygen atoms in total. The molecule has 0 aliphatic rings. The Morgan fingerprint density at radius 2 is 1.83 bits per heavy atom. The van der Waals surface area contributed by atoms with Crippen molar-refractivity contribution in [2.24, 2.45) is 0 Å². The molecule has 29 heavy (non-hydrogen) atoms. The summed E-state index contributed by atoms with van der Waals surface area (Å²) in [6.07, 6.45) is 0.754. The summed E-state index contributed by atoms with van der Waals surface area (Å²) in [4.78, 5) is 12.3. The molecule has 1 N–H and O–H groups in total. The Kier molecular flexibility index (Phi) is 6.54. The van der Waals surface area contributed by atoms with Gasteiger partial charge < -0.3 is 19.2 Å². The summed E-state index contributed by atoms with van der Waals surface area (Å²) in [5.41, 5.74) is 1.62. The maximum Gasteiger partial charge on any atom is 0.220 e. The van der Waals surface area contributed by atoms with Crippen molar-refractivity contribution >= 4 is 5.91 Å². The summed E-state index contributed by atoms with van der Waals surface area (Å²) in [6, 6.07) is 15.7. The molecule has 0 radical (unpaired) electrons. The molecule has 0 aliphatic carbocycles. The van der Waals surface area contributed by atoms with Crippen LogP contribution in [0.5, 0.6) is 11.5 Å². The first kappa shape index (κ1) is 20.5. The SMILES string of the molecule is COc1ccc(-c2ccc(CCC(=O)N[C@@H](C)c3ccc(OC)c(F)c3)o2)cc1. The highest BCUT2D eigenvalue weighted by Crippen LogP contribution is 2.25. The smallest absolute Gasteiger partial charge is 0.220 e. The largest absolute Gasteiger partial charge is 0.497 e. The van der Waals surface area contributed by atoms with Crippen LogP contribution in [-0.4, -0.2) is 20.1 Å². The van der Waals surface area contributed by atoms with Gasteiger partial charge in [-0.25, -0.2) is 4.39 Å². The maximum absolute atomic E-state index is 13.8. The van der Waals surface area contributed by atoms with Crippen molar-refractivity contribution in [3.05, 3.63) is 71.7 Å². The lowest BCUT2D eigenvalue weighted by atomic mass is 10.1. The first-order chi connectivity index (χ1) is 14.0. The highest BCUT2D eigenvalue weighted by atomic mass is 19.1. The number of methoxy groups -OCH3 is 2. The fraction of sp³-hybridized carbons (Fsp3) is 0.261. The average Bonchev–Trinajstić information content (AvgIpc) is 3.21. The molecule has 0 fully saturated rings. The lowest BCUT2D eigenvalue weighted by Crippen LogP contribution is -2.26. The van der Waals surface area contributed by atoms with Gasteiger partial charge in [0.1, 0.15) is 17.3 Å². The van der Waals surface area contributed by atoms with Gasteiger partial charge >= 0.3 is 0 Å². The van der Waals surface area contributed by atoms with Gasteiger partial charge in [-0.3, -0.25) is 4.79 Å². The lowest BCUT2D eigenvalue weighted by molar-refractivity contribution is -0.121. The second kappa shape index (κ2) is 9.28. The van der Waals surface area contributed by atoms with Crippen LogP contribution >= 0.6 is 0 Å². The van der Waals surface area contributed by atoms with Gasteiger partial charge in [0.25, 0.3) is 0 Å². The van der Waals surface area contributed by atoms with Crippen LogP contribution in [0.25, 0.3) is 11.3 Å². The summed E-state index contributed by atoms with van der Waals surface area (Å²) in [6.45, 7) is 1.81. The van der Waals surface area contributed by atoms with Crippen molar-refractivity contribution in [3.8, 4) is 22.8 Å². The Balaban J connectivity index is 1.54. The molecule has 1 heterocycles. The zero-order chi connectivity index (χ0) is 20.8. The monoisotopic (exact) mass is 397 g/mol. The molecular weight excluding hydrogens is 373 g/mol. The molecule has 0 bridgehead atoms. The Morgan fingerprint density at radius 1 is 1.07 bits per heavy atom. The molecule has 3 rings (SSSR count). The quantitative estimate of drug-likeness (QED) is 0.587. The van der Waals surface area contributed by atoms with E-state index >= 15 is 0 Å². The fourth-order valence-electron chi connectivity index (χ4n) is 3.01. The van der Waals surface area contributed by atoms with Crippen LogP contribution in [0.15, 0.2) is 59.0 Å². The molecule has 0 aliphatic heterocycles. The van der Waals surface area contributed by atoms with Crippen molar-refractivity contribution < 1.29 is 23.1 Å². The number of nitrogens with one attached hydrogen (secondary N) is 1. The van der Waals surface area contributed by atoms with E-state index in [9.17, 15) is 9.18 Å². The number of hydrogen-bond donors (Lipinski definition) is 1. The van der Waals surface area contributed by atoms with E-state index in [-0.39, 0.29) is 24.1 Å². The van der Waals surface area contributed by atoms with Gasteiger partial charge in [0.15, 0.2) is 11.6 Å². The highest BCUT2D eigenvalue weighted by molar-refractivity contribution is 5.76. The second-order valence-electron chi connectivity index (χ2n) is 6.68. The molecule has 1 aromatic heterocycles. The molecule has 0 saturated heterocycles. The van der Waals surface area contributed by atoms with Crippen molar-refractivity contribution in [3.63, 3.8) is 0 Å². The van der Waals surface area contributed by atoms with Crippen LogP contribution in [0.3, 0.4) is 0 Å². The minimum Gasteiger partial charge on any atom is -0.497 e. The number of aryl methyl sites for hydroxylation is 1. The molecule has 0 unspecified atom stereocenters. The third-order valence-electron chi connectivity index (χ3n) is 4.69. The van der Waals surface area contributed by atoms with E-state index in [0.717, 1.165) is 22.8 Å². The van der Waals surface area contributed by atoms with Crippen molar-refractivity contribution in [2.75, 3.05) is 14.2 Å². The van der Waals surface area contributed by atoms with E-state index in [1.807, 2.05) is 43.3 Å². The normalized spacial score (nSPS) is 11.7. The zero-order valence-corrected chi connectivity index (χ0v) is 16.7. The third-order valence-corrected chi connectivity index (χ3v) is 4.69. The predicted molar refractivity (Wildman–Crippen MR) is 109 cm³/mol. The maximum atomic E-state index is 13.8. The summed E-state index contributed by atoms with van der Waals surface area (Å²) in [7, 11) is 3.04. The third kappa shape index (κ3) is 5.16. The van der Waals surface area contributed by atoms with Crippen LogP contribution in [0, 0.1) is 5.82 Å². The minimum atomic E-state index is -0.451. The molecule has 0 saturated carbocycles. The topological polar surface area (TPSA) is 60.7 Å². The number of halogens is 1. The molecule has 0 spiro atoms. The van der Waals surface area contributed by atoms with Crippen LogP contribution in [0.2, 0.25) is 0 Å². The lowest BCUT2D eigenvalue weighted by Gasteiger charge is -2.15. The zero-order valence-electron chi connectivity index (χ0n) is 16.7. The molecule has 3 aromatic rings. The molecule has 6 heteroatoms. The highest BCUT2D eigenvalue weighted by Gasteiger charge is 2.13. The van der Waals surface area contributed by atoms with Gasteiger partial charge in [0.05, 0.1) is 20.3 Å². The number of amides is 1. The second-order valence-corrected chi connectivity index (χ2v) is 6.68. The Morgan fingerprint density at radius 3 is 2.48 bits per heavy atom. The van der Waals surface area contributed by atoms with E-state index in [1.165, 1.54) is 13.2 Å². The number of carbonyl (C=O) groups is 1. The van der Waals surface area contributed by atoms with Gasteiger partial charge in [0, 0.05) is 18.4 Å². The van der Waals surface area contributed by atoms with Gasteiger partial charge in [-0.05, 0) is 61.0 Å². The van der Waals surface area contributed by atoms with E-state index in [1.54, 1.807) is 19.2 Å². The van der Waals surface area contributed by atoms with Crippen molar-refractivity contribution in [2.45, 2.75) is 25.8 Å². The number of furan rings is 1. The summed E-state index contributed by atoms with van der Waals surface area (Å²) < 4.78 is 29.8. The van der Waals surface area contributed by atoms with Crippen LogP contribution in [0.4, 0.5) is 4.39 Å². The molecule has 1 amide bonds. The van der Waals surface area contributed by atoms with E-state index in [4.69, 9.17) is 13.9 Å². The minimum absolute atomic E-state index is 0.129. The number of hydrogen-bond acceptors (Lipinski definition) is 4. The van der Waals surface area contributed by atoms with E-state index in [2.05, 4.69) is 5.32 Å².